The summed E-state index contributed by atoms with van der Waals surface area (Å²) in [6, 6.07) is 12.9. The number of hydrogen-bond donors (Lipinski definition) is 1. The summed E-state index contributed by atoms with van der Waals surface area (Å²) >= 11 is 13.5. The molecule has 1 N–H and O–H groups in total. The Morgan fingerprint density at radius 1 is 1.23 bits per heavy atom. The summed E-state index contributed by atoms with van der Waals surface area (Å²) in [5.74, 6) is 0.826. The first-order valence-electron chi connectivity index (χ1n) is 9.23. The Hall–Kier alpha value is -2.07. The van der Waals surface area contributed by atoms with Gasteiger partial charge in [0.05, 0.1) is 22.7 Å². The Morgan fingerprint density at radius 3 is 2.57 bits per heavy atom. The van der Waals surface area contributed by atoms with Crippen molar-refractivity contribution in [3.63, 3.8) is 0 Å². The third kappa shape index (κ3) is 7.02. The van der Waals surface area contributed by atoms with Gasteiger partial charge in [0, 0.05) is 29.1 Å². The lowest BCUT2D eigenvalue weighted by Crippen LogP contribution is -2.38. The Labute approximate surface area is 190 Å². The van der Waals surface area contributed by atoms with E-state index in [-0.39, 0.29) is 5.92 Å². The van der Waals surface area contributed by atoms with Gasteiger partial charge in [0.1, 0.15) is 11.5 Å². The molecule has 2 aromatic rings. The van der Waals surface area contributed by atoms with Crippen LogP contribution in [0.2, 0.25) is 10.0 Å². The molecule has 160 valence electrons. The van der Waals surface area contributed by atoms with E-state index in [2.05, 4.69) is 6.07 Å². The average Bonchev–Trinajstić information content (AvgIpc) is 2.68. The molecule has 0 fully saturated rings. The monoisotopic (exact) mass is 467 g/mol. The van der Waals surface area contributed by atoms with Gasteiger partial charge in [0.2, 0.25) is 0 Å². The molecule has 0 bridgehead atoms. The van der Waals surface area contributed by atoms with Crippen LogP contribution in [0.5, 0.6) is 11.5 Å². The van der Waals surface area contributed by atoms with Crippen molar-refractivity contribution in [2.45, 2.75) is 37.7 Å². The molecule has 2 rings (SSSR count). The highest BCUT2D eigenvalue weighted by Gasteiger charge is 2.29. The average molecular weight is 468 g/mol. The number of rotatable bonds is 10. The Bertz CT molecular complexity index is 943. The molecule has 30 heavy (non-hydrogen) atoms. The Kier molecular flexibility index (Phi) is 8.72. The van der Waals surface area contributed by atoms with Gasteiger partial charge in [0.25, 0.3) is 0 Å². The van der Waals surface area contributed by atoms with Gasteiger partial charge < -0.3 is 14.6 Å². The number of benzene rings is 2. The number of aliphatic carboxylic acids is 1. The van der Waals surface area contributed by atoms with Gasteiger partial charge in [-0.3, -0.25) is 0 Å². The van der Waals surface area contributed by atoms with Gasteiger partial charge in [-0.25, -0.2) is 4.79 Å². The largest absolute Gasteiger partial charge is 0.493 e. The smallest absolute Gasteiger partial charge is 0.347 e. The molecule has 0 saturated carbocycles. The molecular formula is C22H23Cl2NO4S. The summed E-state index contributed by atoms with van der Waals surface area (Å²) in [6.07, 6.45) is 0.362. The molecule has 1 unspecified atom stereocenters. The summed E-state index contributed by atoms with van der Waals surface area (Å²) < 4.78 is 11.4. The molecule has 0 aliphatic carbocycles. The van der Waals surface area contributed by atoms with Gasteiger partial charge in [0.15, 0.2) is 5.60 Å². The third-order valence-electron chi connectivity index (χ3n) is 4.27. The quantitative estimate of drug-likeness (QED) is 0.416. The lowest BCUT2D eigenvalue weighted by atomic mass is 10.1. The number of nitrogens with zero attached hydrogens (tertiary/aromatic N) is 1. The van der Waals surface area contributed by atoms with Crippen molar-refractivity contribution in [3.8, 4) is 17.6 Å². The first-order chi connectivity index (χ1) is 14.1. The molecule has 0 aromatic heterocycles. The molecule has 1 atom stereocenters. The maximum absolute atomic E-state index is 11.3. The number of thioether (sulfide) groups is 1. The number of nitriles is 1. The van der Waals surface area contributed by atoms with Gasteiger partial charge >= 0.3 is 5.97 Å². The van der Waals surface area contributed by atoms with Crippen molar-refractivity contribution in [2.24, 2.45) is 5.92 Å². The Morgan fingerprint density at radius 2 is 1.97 bits per heavy atom. The first-order valence-corrected chi connectivity index (χ1v) is 11.0. The molecule has 0 spiro atoms. The van der Waals surface area contributed by atoms with Crippen LogP contribution in [0, 0.1) is 24.2 Å². The highest BCUT2D eigenvalue weighted by atomic mass is 35.5. The van der Waals surface area contributed by atoms with Crippen LogP contribution in [0.1, 0.15) is 25.8 Å². The van der Waals surface area contributed by atoms with Crippen LogP contribution < -0.4 is 9.47 Å². The summed E-state index contributed by atoms with van der Waals surface area (Å²) in [4.78, 5) is 12.3. The van der Waals surface area contributed by atoms with Crippen LogP contribution in [0.15, 0.2) is 41.3 Å². The van der Waals surface area contributed by atoms with Crippen molar-refractivity contribution in [1.29, 1.82) is 5.26 Å². The van der Waals surface area contributed by atoms with Crippen molar-refractivity contribution in [3.05, 3.63) is 52.0 Å². The van der Waals surface area contributed by atoms with Crippen molar-refractivity contribution in [1.82, 2.24) is 0 Å². The van der Waals surface area contributed by atoms with Crippen molar-refractivity contribution >= 4 is 40.9 Å². The van der Waals surface area contributed by atoms with Crippen LogP contribution in [-0.4, -0.2) is 29.0 Å². The highest BCUT2D eigenvalue weighted by molar-refractivity contribution is 7.99. The molecular weight excluding hydrogens is 445 g/mol. The van der Waals surface area contributed by atoms with E-state index in [4.69, 9.17) is 37.9 Å². The van der Waals surface area contributed by atoms with Gasteiger partial charge in [-0.05, 0) is 56.7 Å². The van der Waals surface area contributed by atoms with Crippen LogP contribution in [-0.2, 0) is 4.79 Å². The van der Waals surface area contributed by atoms with E-state index in [9.17, 15) is 9.90 Å². The standard InChI is InChI=1S/C22H23Cl2NO4S/c1-14-10-17(5-7-20(14)29-22(2,3)21(26)27)30-13-15(8-9-25)12-28-16-4-6-18(23)19(24)11-16/h4-7,10-11,15H,8,12-13H2,1-3H3,(H,26,27). The summed E-state index contributed by atoms with van der Waals surface area (Å²) in [7, 11) is 0. The minimum absolute atomic E-state index is 0.0247. The van der Waals surface area contributed by atoms with Crippen LogP contribution in [0.4, 0.5) is 0 Å². The SMILES string of the molecule is Cc1cc(SCC(CC#N)COc2ccc(Cl)c(Cl)c2)ccc1OC(C)(C)C(=O)O. The predicted octanol–water partition coefficient (Wildman–Crippen LogP) is 6.24. The number of carboxylic acids is 1. The van der Waals surface area contributed by atoms with Gasteiger partial charge in [-0.2, -0.15) is 5.26 Å². The molecule has 0 heterocycles. The predicted molar refractivity (Wildman–Crippen MR) is 120 cm³/mol. The molecule has 8 heteroatoms. The topological polar surface area (TPSA) is 79.5 Å². The molecule has 5 nitrogen and oxygen atoms in total. The minimum atomic E-state index is -1.31. The second-order valence-electron chi connectivity index (χ2n) is 7.27. The molecule has 0 aliphatic heterocycles. The lowest BCUT2D eigenvalue weighted by molar-refractivity contribution is -0.152. The van der Waals surface area contributed by atoms with E-state index in [0.29, 0.717) is 40.3 Å². The fourth-order valence-electron chi connectivity index (χ4n) is 2.43. The van der Waals surface area contributed by atoms with E-state index in [1.54, 1.807) is 36.0 Å². The van der Waals surface area contributed by atoms with Crippen LogP contribution in [0.25, 0.3) is 0 Å². The molecule has 0 aliphatic rings. The van der Waals surface area contributed by atoms with E-state index < -0.39 is 11.6 Å². The minimum Gasteiger partial charge on any atom is -0.493 e. The molecule has 0 saturated heterocycles. The number of halogens is 2. The van der Waals surface area contributed by atoms with E-state index in [1.165, 1.54) is 13.8 Å². The number of ether oxygens (including phenoxy) is 2. The second kappa shape index (κ2) is 10.8. The normalized spacial score (nSPS) is 12.1. The summed E-state index contributed by atoms with van der Waals surface area (Å²) in [6.45, 7) is 5.28. The molecule has 0 amide bonds. The van der Waals surface area contributed by atoms with Gasteiger partial charge in [-0.1, -0.05) is 23.2 Å². The van der Waals surface area contributed by atoms with E-state index in [0.717, 1.165) is 10.5 Å². The molecule has 0 radical (unpaired) electrons. The molecule has 2 aromatic carbocycles. The van der Waals surface area contributed by atoms with Crippen LogP contribution in [0.3, 0.4) is 0 Å². The van der Waals surface area contributed by atoms with Crippen molar-refractivity contribution < 1.29 is 19.4 Å². The Balaban J connectivity index is 1.97. The third-order valence-corrected chi connectivity index (χ3v) is 6.23. The van der Waals surface area contributed by atoms with E-state index >= 15 is 0 Å². The second-order valence-corrected chi connectivity index (χ2v) is 9.18. The number of aryl methyl sites for hydroxylation is 1. The fraction of sp³-hybridized carbons (Fsp3) is 0.364. The number of hydrogen-bond acceptors (Lipinski definition) is 5. The van der Waals surface area contributed by atoms with Crippen LogP contribution >= 0.6 is 35.0 Å². The number of carboxylic acid groups (broad SMARTS) is 1. The maximum atomic E-state index is 11.3. The number of carbonyl (C=O) groups is 1. The zero-order chi connectivity index (χ0) is 22.3. The summed E-state index contributed by atoms with van der Waals surface area (Å²) in [5, 5.41) is 19.2. The summed E-state index contributed by atoms with van der Waals surface area (Å²) in [5.41, 5.74) is -0.461. The van der Waals surface area contributed by atoms with Gasteiger partial charge in [-0.15, -0.1) is 11.8 Å². The van der Waals surface area contributed by atoms with E-state index in [1.807, 2.05) is 19.1 Å². The highest BCUT2D eigenvalue weighted by Crippen LogP contribution is 2.30. The zero-order valence-corrected chi connectivity index (χ0v) is 19.3. The zero-order valence-electron chi connectivity index (χ0n) is 16.9. The first kappa shape index (κ1) is 24.2. The maximum Gasteiger partial charge on any atom is 0.347 e. The fourth-order valence-corrected chi connectivity index (χ4v) is 3.79. The lowest BCUT2D eigenvalue weighted by Gasteiger charge is -2.23. The van der Waals surface area contributed by atoms with Crippen molar-refractivity contribution in [2.75, 3.05) is 12.4 Å².